The average Bonchev–Trinajstić information content (AvgIpc) is 3.27. The van der Waals surface area contributed by atoms with E-state index in [0.717, 1.165) is 38.6 Å². The number of guanidine groups is 1. The molecule has 0 spiro atoms. The van der Waals surface area contributed by atoms with Crippen LogP contribution in [-0.2, 0) is 4.74 Å². The Hall–Kier alpha value is -0.120. The summed E-state index contributed by atoms with van der Waals surface area (Å²) in [5.74, 6) is 0.979. The molecule has 3 aliphatic rings. The van der Waals surface area contributed by atoms with E-state index in [2.05, 4.69) is 32.3 Å². The monoisotopic (exact) mass is 507 g/mol. The maximum atomic E-state index is 5.67. The fourth-order valence-electron chi connectivity index (χ4n) is 4.87. The highest BCUT2D eigenvalue weighted by atomic mass is 127. The number of unbranched alkanes of at least 4 members (excludes halogenated alkanes) is 1. The van der Waals surface area contributed by atoms with Crippen molar-refractivity contribution in [3.05, 3.63) is 0 Å². The van der Waals surface area contributed by atoms with E-state index in [9.17, 15) is 0 Å². The van der Waals surface area contributed by atoms with Crippen LogP contribution in [0.2, 0.25) is 0 Å². The number of nitrogens with one attached hydrogen (secondary N) is 2. The van der Waals surface area contributed by atoms with Crippen LogP contribution in [0.4, 0.5) is 0 Å². The van der Waals surface area contributed by atoms with Gasteiger partial charge in [0.1, 0.15) is 0 Å². The van der Waals surface area contributed by atoms with Crippen molar-refractivity contribution >= 4 is 29.9 Å². The molecular weight excluding hydrogens is 465 g/mol. The van der Waals surface area contributed by atoms with E-state index >= 15 is 0 Å². The van der Waals surface area contributed by atoms with Crippen molar-refractivity contribution < 1.29 is 4.74 Å². The Bertz CT molecular complexity index is 456. The summed E-state index contributed by atoms with van der Waals surface area (Å²) < 4.78 is 5.67. The molecule has 3 saturated heterocycles. The third-order valence-corrected chi connectivity index (χ3v) is 6.77. The van der Waals surface area contributed by atoms with Gasteiger partial charge in [0.15, 0.2) is 5.96 Å². The average molecular weight is 508 g/mol. The normalized spacial score (nSPS) is 24.7. The minimum absolute atomic E-state index is 0. The number of halogens is 1. The summed E-state index contributed by atoms with van der Waals surface area (Å²) in [5, 5.41) is 7.37. The van der Waals surface area contributed by atoms with E-state index in [0.29, 0.717) is 6.04 Å². The molecule has 0 aromatic heterocycles. The van der Waals surface area contributed by atoms with E-state index in [1.54, 1.807) is 0 Å². The van der Waals surface area contributed by atoms with Gasteiger partial charge in [-0.1, -0.05) is 13.3 Å². The largest absolute Gasteiger partial charge is 0.381 e. The van der Waals surface area contributed by atoms with Crippen LogP contribution in [0.15, 0.2) is 4.99 Å². The number of nitrogens with zero attached hydrogens (tertiary/aromatic N) is 3. The Morgan fingerprint density at radius 3 is 2.39 bits per heavy atom. The van der Waals surface area contributed by atoms with Crippen molar-refractivity contribution in [2.45, 2.75) is 69.9 Å². The molecule has 3 rings (SSSR count). The molecular formula is C21H42IN5O. The Morgan fingerprint density at radius 1 is 1.11 bits per heavy atom. The number of rotatable bonds is 7. The second-order valence-corrected chi connectivity index (χ2v) is 8.57. The van der Waals surface area contributed by atoms with Gasteiger partial charge in [-0.05, 0) is 64.6 Å². The van der Waals surface area contributed by atoms with Crippen molar-refractivity contribution in [1.82, 2.24) is 20.4 Å². The second kappa shape index (κ2) is 12.5. The molecule has 6 nitrogen and oxygen atoms in total. The topological polar surface area (TPSA) is 52.1 Å². The highest BCUT2D eigenvalue weighted by Gasteiger charge is 2.39. The summed E-state index contributed by atoms with van der Waals surface area (Å²) in [6, 6.07) is 0.548. The Balaban J connectivity index is 0.00000280. The molecule has 0 aliphatic carbocycles. The van der Waals surface area contributed by atoms with Crippen LogP contribution in [-0.4, -0.2) is 86.9 Å². The van der Waals surface area contributed by atoms with E-state index in [4.69, 9.17) is 4.74 Å². The first-order chi connectivity index (χ1) is 13.3. The number of piperidine rings is 1. The minimum Gasteiger partial charge on any atom is -0.381 e. The van der Waals surface area contributed by atoms with Crippen LogP contribution >= 0.6 is 24.0 Å². The van der Waals surface area contributed by atoms with Crippen LogP contribution in [0.3, 0.4) is 0 Å². The van der Waals surface area contributed by atoms with Crippen LogP contribution in [0.5, 0.6) is 0 Å². The lowest BCUT2D eigenvalue weighted by Gasteiger charge is -2.45. The third-order valence-electron chi connectivity index (χ3n) is 6.77. The molecule has 0 atom stereocenters. The first-order valence-corrected chi connectivity index (χ1v) is 11.3. The van der Waals surface area contributed by atoms with E-state index in [1.165, 1.54) is 71.2 Å². The number of hydrogen-bond acceptors (Lipinski definition) is 4. The predicted molar refractivity (Wildman–Crippen MR) is 128 cm³/mol. The SMILES string of the molecule is CCCCN1CCC(NC(=NC)NCC2(N3CCCC3)CCOCC2)CC1.I. The fourth-order valence-corrected chi connectivity index (χ4v) is 4.87. The molecule has 7 heteroatoms. The number of hydrogen-bond donors (Lipinski definition) is 2. The molecule has 0 aromatic rings. The highest BCUT2D eigenvalue weighted by Crippen LogP contribution is 2.30. The highest BCUT2D eigenvalue weighted by molar-refractivity contribution is 14.0. The van der Waals surface area contributed by atoms with Crippen LogP contribution < -0.4 is 10.6 Å². The fraction of sp³-hybridized carbons (Fsp3) is 0.952. The quantitative estimate of drug-likeness (QED) is 0.316. The summed E-state index contributed by atoms with van der Waals surface area (Å²) in [4.78, 5) is 9.85. The number of likely N-dealkylation sites (tertiary alicyclic amines) is 2. The van der Waals surface area contributed by atoms with Gasteiger partial charge in [-0.3, -0.25) is 9.89 Å². The van der Waals surface area contributed by atoms with Crippen molar-refractivity contribution in [3.8, 4) is 0 Å². The van der Waals surface area contributed by atoms with Gasteiger partial charge < -0.3 is 20.3 Å². The van der Waals surface area contributed by atoms with Gasteiger partial charge in [0.05, 0.1) is 0 Å². The zero-order valence-corrected chi connectivity index (χ0v) is 20.4. The molecule has 3 aliphatic heterocycles. The summed E-state index contributed by atoms with van der Waals surface area (Å²) in [6.45, 7) is 11.2. The van der Waals surface area contributed by atoms with Gasteiger partial charge in [0.2, 0.25) is 0 Å². The predicted octanol–water partition coefficient (Wildman–Crippen LogP) is 2.68. The van der Waals surface area contributed by atoms with Crippen molar-refractivity contribution in [1.29, 1.82) is 0 Å². The molecule has 0 amide bonds. The lowest BCUT2D eigenvalue weighted by atomic mass is 9.88. The molecule has 0 radical (unpaired) electrons. The van der Waals surface area contributed by atoms with Gasteiger partial charge in [0, 0.05) is 51.5 Å². The smallest absolute Gasteiger partial charge is 0.191 e. The molecule has 28 heavy (non-hydrogen) atoms. The zero-order chi connectivity index (χ0) is 19.0. The van der Waals surface area contributed by atoms with Gasteiger partial charge in [-0.25, -0.2) is 0 Å². The van der Waals surface area contributed by atoms with Crippen LogP contribution in [0.1, 0.15) is 58.3 Å². The van der Waals surface area contributed by atoms with Crippen LogP contribution in [0, 0.1) is 0 Å². The van der Waals surface area contributed by atoms with Crippen molar-refractivity contribution in [2.75, 3.05) is 59.5 Å². The standard InChI is InChI=1S/C21H41N5O.HI/c1-3-4-11-25-14-7-19(8-15-25)24-20(22-2)23-18-21(9-16-27-17-10-21)26-12-5-6-13-26;/h19H,3-18H2,1-2H3,(H2,22,23,24);1H. The maximum Gasteiger partial charge on any atom is 0.191 e. The molecule has 0 saturated carbocycles. The number of aliphatic imine (C=N–C) groups is 1. The third kappa shape index (κ3) is 6.71. The molecule has 0 bridgehead atoms. The number of ether oxygens (including phenoxy) is 1. The van der Waals surface area contributed by atoms with E-state index < -0.39 is 0 Å². The molecule has 3 fully saturated rings. The van der Waals surface area contributed by atoms with Gasteiger partial charge >= 0.3 is 0 Å². The summed E-state index contributed by atoms with van der Waals surface area (Å²) in [5.41, 5.74) is 0.246. The van der Waals surface area contributed by atoms with E-state index in [-0.39, 0.29) is 29.5 Å². The molecule has 0 aromatic carbocycles. The van der Waals surface area contributed by atoms with Gasteiger partial charge in [-0.2, -0.15) is 0 Å². The molecule has 164 valence electrons. The van der Waals surface area contributed by atoms with Crippen LogP contribution in [0.25, 0.3) is 0 Å². The minimum atomic E-state index is 0. The van der Waals surface area contributed by atoms with E-state index in [1.807, 2.05) is 7.05 Å². The summed E-state index contributed by atoms with van der Waals surface area (Å²) in [7, 11) is 1.90. The lowest BCUT2D eigenvalue weighted by Crippen LogP contribution is -2.59. The lowest BCUT2D eigenvalue weighted by molar-refractivity contribution is -0.0164. The van der Waals surface area contributed by atoms with Gasteiger partial charge in [-0.15, -0.1) is 24.0 Å². The zero-order valence-electron chi connectivity index (χ0n) is 18.0. The van der Waals surface area contributed by atoms with Crippen molar-refractivity contribution in [2.24, 2.45) is 4.99 Å². The van der Waals surface area contributed by atoms with Crippen molar-refractivity contribution in [3.63, 3.8) is 0 Å². The molecule has 0 unspecified atom stereocenters. The van der Waals surface area contributed by atoms with Gasteiger partial charge in [0.25, 0.3) is 0 Å². The second-order valence-electron chi connectivity index (χ2n) is 8.57. The first-order valence-electron chi connectivity index (χ1n) is 11.3. The maximum absolute atomic E-state index is 5.67. The molecule has 2 N–H and O–H groups in total. The Kier molecular flexibility index (Phi) is 10.8. The Morgan fingerprint density at radius 2 is 1.79 bits per heavy atom. The summed E-state index contributed by atoms with van der Waals surface area (Å²) >= 11 is 0. The summed E-state index contributed by atoms with van der Waals surface area (Å²) in [6.07, 6.45) is 9.99. The molecule has 3 heterocycles. The Labute approximate surface area is 189 Å². The first kappa shape index (κ1) is 24.2.